The van der Waals surface area contributed by atoms with Gasteiger partial charge in [-0.3, -0.25) is 4.99 Å². The monoisotopic (exact) mass is 331 g/mol. The van der Waals surface area contributed by atoms with Gasteiger partial charge in [0.05, 0.1) is 5.75 Å². The van der Waals surface area contributed by atoms with Crippen molar-refractivity contribution in [3.8, 4) is 11.5 Å². The van der Waals surface area contributed by atoms with Crippen LogP contribution in [0.5, 0.6) is 11.5 Å². The molecule has 2 aliphatic heterocycles. The molecule has 0 radical (unpaired) electrons. The lowest BCUT2D eigenvalue weighted by Crippen LogP contribution is -2.12. The van der Waals surface area contributed by atoms with Crippen molar-refractivity contribution in [2.45, 2.75) is 10.1 Å². The van der Waals surface area contributed by atoms with Gasteiger partial charge in [-0.1, -0.05) is 18.2 Å². The van der Waals surface area contributed by atoms with Crippen molar-refractivity contribution in [2.24, 2.45) is 4.99 Å². The van der Waals surface area contributed by atoms with Gasteiger partial charge in [0.15, 0.2) is 15.6 Å². The predicted molar refractivity (Wildman–Crippen MR) is 88.5 cm³/mol. The fourth-order valence-corrected chi connectivity index (χ4v) is 5.21. The first-order valence-electron chi connectivity index (χ1n) is 6.92. The molecule has 4 nitrogen and oxygen atoms in total. The van der Waals surface area contributed by atoms with Crippen molar-refractivity contribution in [3.63, 3.8) is 0 Å². The molecule has 2 aromatic rings. The molecular formula is C16H13NO3S2. The Bertz CT molecular complexity index is 871. The number of hydrogen-bond acceptors (Lipinski definition) is 5. The van der Waals surface area contributed by atoms with Crippen LogP contribution in [0.25, 0.3) is 0 Å². The summed E-state index contributed by atoms with van der Waals surface area (Å²) in [6, 6.07) is 12.5. The molecule has 2 aliphatic rings. The Hall–Kier alpha value is -1.79. The van der Waals surface area contributed by atoms with E-state index >= 15 is 0 Å². The molecule has 0 bridgehead atoms. The maximum absolute atomic E-state index is 12.6. The van der Waals surface area contributed by atoms with Crippen molar-refractivity contribution in [1.82, 2.24) is 0 Å². The molecule has 0 N–H and O–H groups in total. The summed E-state index contributed by atoms with van der Waals surface area (Å²) in [6.45, 7) is 0. The lowest BCUT2D eigenvalue weighted by Gasteiger charge is -2.13. The van der Waals surface area contributed by atoms with E-state index in [0.29, 0.717) is 17.2 Å². The lowest BCUT2D eigenvalue weighted by atomic mass is 10.2. The predicted octanol–water partition coefficient (Wildman–Crippen LogP) is 3.43. The molecule has 1 atom stereocenters. The molecular weight excluding hydrogens is 318 g/mol. The number of fused-ring (bicyclic) bond motifs is 2. The number of thioether (sulfide) groups is 1. The highest BCUT2D eigenvalue weighted by Crippen LogP contribution is 2.42. The van der Waals surface area contributed by atoms with Gasteiger partial charge < -0.3 is 4.74 Å². The highest BCUT2D eigenvalue weighted by atomic mass is 32.2. The summed E-state index contributed by atoms with van der Waals surface area (Å²) in [6.07, 6.45) is 1.70. The van der Waals surface area contributed by atoms with Crippen LogP contribution in [0.2, 0.25) is 0 Å². The summed E-state index contributed by atoms with van der Waals surface area (Å²) in [5.74, 6) is 2.02. The Kier molecular flexibility index (Phi) is 3.23. The van der Waals surface area contributed by atoms with Gasteiger partial charge in [0.25, 0.3) is 0 Å². The van der Waals surface area contributed by atoms with Crippen molar-refractivity contribution < 1.29 is 13.2 Å². The number of ether oxygens (including phenoxy) is 1. The van der Waals surface area contributed by atoms with E-state index in [-0.39, 0.29) is 15.9 Å². The molecule has 0 aromatic heterocycles. The van der Waals surface area contributed by atoms with E-state index in [1.54, 1.807) is 36.2 Å². The first-order valence-corrected chi connectivity index (χ1v) is 9.62. The van der Waals surface area contributed by atoms with E-state index in [1.165, 1.54) is 0 Å². The lowest BCUT2D eigenvalue weighted by molar-refractivity contribution is 0.470. The minimum Gasteiger partial charge on any atom is -0.453 e. The average Bonchev–Trinajstić information content (AvgIpc) is 3.31. The fourth-order valence-electron chi connectivity index (χ4n) is 2.38. The van der Waals surface area contributed by atoms with Crippen LogP contribution in [0.15, 0.2) is 52.4 Å². The SMILES string of the molecule is O=S(=O)(CC1CS1)c1cccc2c1Oc1ccccc1C=N2. The molecule has 1 unspecified atom stereocenters. The number of benzene rings is 2. The molecule has 1 fully saturated rings. The zero-order valence-corrected chi connectivity index (χ0v) is 13.2. The summed E-state index contributed by atoms with van der Waals surface area (Å²) in [7, 11) is -3.38. The summed E-state index contributed by atoms with van der Waals surface area (Å²) < 4.78 is 31.2. The third-order valence-electron chi connectivity index (χ3n) is 3.57. The minimum absolute atomic E-state index is 0.156. The van der Waals surface area contributed by atoms with Gasteiger partial charge in [0, 0.05) is 22.8 Å². The maximum atomic E-state index is 12.6. The topological polar surface area (TPSA) is 55.7 Å². The van der Waals surface area contributed by atoms with Gasteiger partial charge >= 0.3 is 0 Å². The van der Waals surface area contributed by atoms with E-state index in [0.717, 1.165) is 11.3 Å². The highest BCUT2D eigenvalue weighted by molar-refractivity contribution is 8.08. The van der Waals surface area contributed by atoms with Crippen molar-refractivity contribution in [2.75, 3.05) is 11.5 Å². The van der Waals surface area contributed by atoms with Crippen LogP contribution in [0.3, 0.4) is 0 Å². The summed E-state index contributed by atoms with van der Waals surface area (Å²) in [4.78, 5) is 4.61. The van der Waals surface area contributed by atoms with Crippen LogP contribution < -0.4 is 4.74 Å². The molecule has 4 rings (SSSR count). The minimum atomic E-state index is -3.38. The van der Waals surface area contributed by atoms with Gasteiger partial charge in [-0.25, -0.2) is 8.42 Å². The van der Waals surface area contributed by atoms with Gasteiger partial charge in [-0.2, -0.15) is 11.8 Å². The summed E-state index contributed by atoms with van der Waals surface area (Å²) in [5.41, 5.74) is 1.38. The summed E-state index contributed by atoms with van der Waals surface area (Å²) in [5, 5.41) is 0.211. The van der Waals surface area contributed by atoms with Gasteiger partial charge in [0.1, 0.15) is 16.3 Å². The second-order valence-corrected chi connectivity index (χ2v) is 8.58. The Morgan fingerprint density at radius 1 is 1.18 bits per heavy atom. The van der Waals surface area contributed by atoms with Gasteiger partial charge in [-0.05, 0) is 24.3 Å². The first-order chi connectivity index (χ1) is 10.6. The molecule has 1 saturated heterocycles. The Labute approximate surface area is 133 Å². The standard InChI is InChI=1S/C16H13NO3S2/c18-22(19,10-12-9-21-12)15-7-3-5-13-16(15)20-14-6-2-1-4-11(14)8-17-13/h1-8,12H,9-10H2. The molecule has 6 heteroatoms. The second kappa shape index (κ2) is 5.14. The molecule has 0 aliphatic carbocycles. The average molecular weight is 331 g/mol. The van der Waals surface area contributed by atoms with Crippen molar-refractivity contribution in [1.29, 1.82) is 0 Å². The van der Waals surface area contributed by atoms with E-state index in [9.17, 15) is 8.42 Å². The van der Waals surface area contributed by atoms with E-state index < -0.39 is 9.84 Å². The number of hydrogen-bond donors (Lipinski definition) is 0. The molecule has 0 amide bonds. The Morgan fingerprint density at radius 3 is 2.82 bits per heavy atom. The Morgan fingerprint density at radius 2 is 2.00 bits per heavy atom. The fraction of sp³-hybridized carbons (Fsp3) is 0.188. The first kappa shape index (κ1) is 13.8. The Balaban J connectivity index is 1.84. The zero-order chi connectivity index (χ0) is 15.2. The third-order valence-corrected chi connectivity index (χ3v) is 6.59. The molecule has 0 saturated carbocycles. The van der Waals surface area contributed by atoms with Crippen molar-refractivity contribution >= 4 is 33.5 Å². The van der Waals surface area contributed by atoms with E-state index in [4.69, 9.17) is 4.74 Å². The molecule has 0 spiro atoms. The number of para-hydroxylation sites is 2. The van der Waals surface area contributed by atoms with E-state index in [1.807, 2.05) is 24.3 Å². The van der Waals surface area contributed by atoms with Crippen LogP contribution in [-0.4, -0.2) is 31.4 Å². The van der Waals surface area contributed by atoms with E-state index in [2.05, 4.69) is 4.99 Å². The number of rotatable bonds is 3. The quantitative estimate of drug-likeness (QED) is 0.690. The summed E-state index contributed by atoms with van der Waals surface area (Å²) >= 11 is 1.67. The molecule has 2 aromatic carbocycles. The number of sulfone groups is 1. The smallest absolute Gasteiger partial charge is 0.183 e. The third kappa shape index (κ3) is 2.53. The number of nitrogens with zero attached hydrogens (tertiary/aromatic N) is 1. The highest BCUT2D eigenvalue weighted by Gasteiger charge is 2.32. The second-order valence-electron chi connectivity index (χ2n) is 5.24. The van der Waals surface area contributed by atoms with Crippen LogP contribution in [0.4, 0.5) is 5.69 Å². The van der Waals surface area contributed by atoms with Crippen LogP contribution in [0, 0.1) is 0 Å². The largest absolute Gasteiger partial charge is 0.453 e. The number of aliphatic imine (C=N–C) groups is 1. The van der Waals surface area contributed by atoms with Crippen LogP contribution in [-0.2, 0) is 9.84 Å². The van der Waals surface area contributed by atoms with Gasteiger partial charge in [-0.15, -0.1) is 0 Å². The van der Waals surface area contributed by atoms with Gasteiger partial charge in [0.2, 0.25) is 0 Å². The molecule has 2 heterocycles. The normalized spacial score (nSPS) is 18.8. The molecule has 22 heavy (non-hydrogen) atoms. The van der Waals surface area contributed by atoms with Crippen LogP contribution >= 0.6 is 11.8 Å². The van der Waals surface area contributed by atoms with Crippen LogP contribution in [0.1, 0.15) is 5.56 Å². The maximum Gasteiger partial charge on any atom is 0.183 e. The zero-order valence-electron chi connectivity index (χ0n) is 11.6. The van der Waals surface area contributed by atoms with Crippen molar-refractivity contribution in [3.05, 3.63) is 48.0 Å². The molecule has 112 valence electrons.